The van der Waals surface area contributed by atoms with E-state index in [0.29, 0.717) is 22.8 Å². The van der Waals surface area contributed by atoms with Crippen LogP contribution < -0.4 is 10.6 Å². The second kappa shape index (κ2) is 5.09. The zero-order valence-electron chi connectivity index (χ0n) is 8.07. The predicted octanol–water partition coefficient (Wildman–Crippen LogP) is 0.921. The number of aromatic nitrogens is 1. The topological polar surface area (TPSA) is 76.3 Å². The summed E-state index contributed by atoms with van der Waals surface area (Å²) in [6.07, 6.45) is 0.640. The molecule has 0 unspecified atom stereocenters. The molecule has 0 aromatic carbocycles. The van der Waals surface area contributed by atoms with Gasteiger partial charge in [0.1, 0.15) is 4.88 Å². The first kappa shape index (κ1) is 11.9. The molecule has 1 aromatic heterocycles. The first-order chi connectivity index (χ1) is 7.08. The standard InChI is InChI=1S/C8H10ClN3O2S/c1-2-12(3-6(10)14)8-11-7(9)5(4-13)15-8/h4H,2-3H2,1H3,(H2,10,14). The number of nitrogens with zero attached hydrogens (tertiary/aromatic N) is 2. The lowest BCUT2D eigenvalue weighted by atomic mass is 10.5. The summed E-state index contributed by atoms with van der Waals surface area (Å²) in [6.45, 7) is 2.50. The Balaban J connectivity index is 2.91. The van der Waals surface area contributed by atoms with E-state index in [-0.39, 0.29) is 11.7 Å². The van der Waals surface area contributed by atoms with Crippen LogP contribution >= 0.6 is 22.9 Å². The second-order valence-electron chi connectivity index (χ2n) is 2.75. The van der Waals surface area contributed by atoms with Crippen LogP contribution in [0.5, 0.6) is 0 Å². The number of anilines is 1. The van der Waals surface area contributed by atoms with Gasteiger partial charge in [0.15, 0.2) is 16.6 Å². The van der Waals surface area contributed by atoms with Crippen LogP contribution in [0.2, 0.25) is 5.15 Å². The number of carbonyl (C=O) groups is 2. The van der Waals surface area contributed by atoms with Gasteiger partial charge in [0.05, 0.1) is 6.54 Å². The quantitative estimate of drug-likeness (QED) is 0.785. The Morgan fingerprint density at radius 2 is 2.40 bits per heavy atom. The summed E-state index contributed by atoms with van der Waals surface area (Å²) in [6, 6.07) is 0. The van der Waals surface area contributed by atoms with Crippen LogP contribution in [0.4, 0.5) is 5.13 Å². The molecule has 1 amide bonds. The van der Waals surface area contributed by atoms with Gasteiger partial charge in [-0.25, -0.2) is 4.98 Å². The Hall–Kier alpha value is -1.14. The maximum atomic E-state index is 10.8. The first-order valence-corrected chi connectivity index (χ1v) is 5.42. The summed E-state index contributed by atoms with van der Waals surface area (Å²) in [5.74, 6) is -0.448. The zero-order valence-corrected chi connectivity index (χ0v) is 9.64. The minimum atomic E-state index is -0.448. The van der Waals surface area contributed by atoms with Crippen LogP contribution in [-0.2, 0) is 4.79 Å². The van der Waals surface area contributed by atoms with Crippen molar-refractivity contribution in [3.05, 3.63) is 10.0 Å². The van der Waals surface area contributed by atoms with Crippen LogP contribution in [0.1, 0.15) is 16.6 Å². The maximum absolute atomic E-state index is 10.8. The van der Waals surface area contributed by atoms with E-state index >= 15 is 0 Å². The van der Waals surface area contributed by atoms with Gasteiger partial charge in [-0.15, -0.1) is 0 Å². The molecule has 15 heavy (non-hydrogen) atoms. The van der Waals surface area contributed by atoms with Crippen LogP contribution in [0, 0.1) is 0 Å². The Kier molecular flexibility index (Phi) is 4.05. The van der Waals surface area contributed by atoms with Crippen LogP contribution in [0.25, 0.3) is 0 Å². The summed E-state index contributed by atoms with van der Waals surface area (Å²) in [7, 11) is 0. The number of aldehydes is 1. The predicted molar refractivity (Wildman–Crippen MR) is 59.6 cm³/mol. The molecular formula is C8H10ClN3O2S. The average molecular weight is 248 g/mol. The summed E-state index contributed by atoms with van der Waals surface area (Å²) in [4.78, 5) is 27.3. The molecule has 1 heterocycles. The Morgan fingerprint density at radius 1 is 1.73 bits per heavy atom. The van der Waals surface area contributed by atoms with E-state index in [1.165, 1.54) is 0 Å². The SMILES string of the molecule is CCN(CC(N)=O)c1nc(Cl)c(C=O)s1. The largest absolute Gasteiger partial charge is 0.368 e. The van der Waals surface area contributed by atoms with Crippen molar-refractivity contribution in [3.63, 3.8) is 0 Å². The molecule has 0 fully saturated rings. The number of likely N-dealkylation sites (N-methyl/N-ethyl adjacent to an activating group) is 1. The van der Waals surface area contributed by atoms with Crippen molar-refractivity contribution >= 4 is 40.3 Å². The van der Waals surface area contributed by atoms with Crippen molar-refractivity contribution in [2.45, 2.75) is 6.92 Å². The van der Waals surface area contributed by atoms with E-state index in [1.54, 1.807) is 4.90 Å². The number of nitrogens with two attached hydrogens (primary N) is 1. The highest BCUT2D eigenvalue weighted by molar-refractivity contribution is 7.17. The molecule has 0 spiro atoms. The molecule has 0 atom stereocenters. The highest BCUT2D eigenvalue weighted by Gasteiger charge is 2.15. The summed E-state index contributed by atoms with van der Waals surface area (Å²) in [5, 5.41) is 0.691. The summed E-state index contributed by atoms with van der Waals surface area (Å²) < 4.78 is 0. The van der Waals surface area contributed by atoms with Crippen molar-refractivity contribution in [3.8, 4) is 0 Å². The number of primary amides is 1. The number of carbonyl (C=O) groups excluding carboxylic acids is 2. The summed E-state index contributed by atoms with van der Waals surface area (Å²) >= 11 is 6.85. The molecule has 0 saturated carbocycles. The Bertz CT molecular complexity index is 380. The number of rotatable bonds is 5. The highest BCUT2D eigenvalue weighted by atomic mass is 35.5. The average Bonchev–Trinajstić information content (AvgIpc) is 2.55. The minimum Gasteiger partial charge on any atom is -0.368 e. The smallest absolute Gasteiger partial charge is 0.237 e. The first-order valence-electron chi connectivity index (χ1n) is 4.23. The lowest BCUT2D eigenvalue weighted by molar-refractivity contribution is -0.116. The van der Waals surface area contributed by atoms with Gasteiger partial charge in [0.25, 0.3) is 0 Å². The van der Waals surface area contributed by atoms with Gasteiger partial charge in [0.2, 0.25) is 5.91 Å². The molecule has 1 rings (SSSR count). The van der Waals surface area contributed by atoms with Gasteiger partial charge >= 0.3 is 0 Å². The molecular weight excluding hydrogens is 238 g/mol. The van der Waals surface area contributed by atoms with Crippen LogP contribution in [-0.4, -0.2) is 30.3 Å². The number of thiazole rings is 1. The lowest BCUT2D eigenvalue weighted by Gasteiger charge is -2.16. The van der Waals surface area contributed by atoms with Gasteiger partial charge in [-0.05, 0) is 6.92 Å². The molecule has 0 bridgehead atoms. The van der Waals surface area contributed by atoms with Crippen molar-refractivity contribution in [1.82, 2.24) is 4.98 Å². The van der Waals surface area contributed by atoms with E-state index in [9.17, 15) is 9.59 Å². The normalized spacial score (nSPS) is 10.0. The van der Waals surface area contributed by atoms with Crippen LogP contribution in [0.3, 0.4) is 0 Å². The van der Waals surface area contributed by atoms with E-state index < -0.39 is 5.91 Å². The fourth-order valence-electron chi connectivity index (χ4n) is 1.01. The van der Waals surface area contributed by atoms with Gasteiger partial charge < -0.3 is 10.6 Å². The molecule has 82 valence electrons. The fourth-order valence-corrected chi connectivity index (χ4v) is 2.14. The lowest BCUT2D eigenvalue weighted by Crippen LogP contribution is -2.33. The van der Waals surface area contributed by atoms with Crippen molar-refractivity contribution in [1.29, 1.82) is 0 Å². The molecule has 0 aliphatic rings. The monoisotopic (exact) mass is 247 g/mol. The van der Waals surface area contributed by atoms with E-state index in [2.05, 4.69) is 4.98 Å². The molecule has 0 radical (unpaired) electrons. The van der Waals surface area contributed by atoms with Crippen molar-refractivity contribution in [2.75, 3.05) is 18.0 Å². The number of hydrogen-bond acceptors (Lipinski definition) is 5. The molecule has 7 heteroatoms. The summed E-state index contributed by atoms with van der Waals surface area (Å²) in [5.41, 5.74) is 5.08. The molecule has 1 aromatic rings. The molecule has 5 nitrogen and oxygen atoms in total. The van der Waals surface area contributed by atoms with Crippen molar-refractivity contribution in [2.24, 2.45) is 5.73 Å². The number of halogens is 1. The minimum absolute atomic E-state index is 0.0681. The van der Waals surface area contributed by atoms with Gasteiger partial charge in [-0.1, -0.05) is 22.9 Å². The van der Waals surface area contributed by atoms with Crippen LogP contribution in [0.15, 0.2) is 0 Å². The molecule has 0 aliphatic carbocycles. The molecule has 0 aliphatic heterocycles. The van der Waals surface area contributed by atoms with Crippen molar-refractivity contribution < 1.29 is 9.59 Å². The van der Waals surface area contributed by atoms with E-state index in [4.69, 9.17) is 17.3 Å². The third kappa shape index (κ3) is 2.90. The van der Waals surface area contributed by atoms with E-state index in [1.807, 2.05) is 6.92 Å². The fraction of sp³-hybridized carbons (Fsp3) is 0.375. The Labute approximate surface area is 95.8 Å². The zero-order chi connectivity index (χ0) is 11.4. The van der Waals surface area contributed by atoms with Gasteiger partial charge in [-0.3, -0.25) is 9.59 Å². The highest BCUT2D eigenvalue weighted by Crippen LogP contribution is 2.27. The number of hydrogen-bond donors (Lipinski definition) is 1. The van der Waals surface area contributed by atoms with E-state index in [0.717, 1.165) is 11.3 Å². The third-order valence-electron chi connectivity index (χ3n) is 1.70. The number of amides is 1. The molecule has 0 saturated heterocycles. The van der Waals surface area contributed by atoms with Gasteiger partial charge in [-0.2, -0.15) is 0 Å². The third-order valence-corrected chi connectivity index (χ3v) is 3.15. The second-order valence-corrected chi connectivity index (χ2v) is 4.12. The molecule has 2 N–H and O–H groups in total. The van der Waals surface area contributed by atoms with Gasteiger partial charge in [0, 0.05) is 6.54 Å². The Morgan fingerprint density at radius 3 is 2.80 bits per heavy atom. The maximum Gasteiger partial charge on any atom is 0.237 e.